The van der Waals surface area contributed by atoms with Gasteiger partial charge in [-0.05, 0) is 6.42 Å². The van der Waals surface area contributed by atoms with Gasteiger partial charge >= 0.3 is 16.5 Å². The summed E-state index contributed by atoms with van der Waals surface area (Å²) in [4.78, 5) is 15.4. The molecule has 106 valence electrons. The van der Waals surface area contributed by atoms with E-state index in [-0.39, 0.29) is 0 Å². The van der Waals surface area contributed by atoms with Gasteiger partial charge in [-0.2, -0.15) is 0 Å². The first-order valence-electron chi connectivity index (χ1n) is 5.79. The molecule has 0 aromatic carbocycles. The molecule has 0 spiro atoms. The summed E-state index contributed by atoms with van der Waals surface area (Å²) >= 11 is 0. The molecule has 0 heterocycles. The van der Waals surface area contributed by atoms with Crippen LogP contribution >= 0.6 is 16.5 Å². The predicted molar refractivity (Wildman–Crippen MR) is 68.6 cm³/mol. The Hall–Kier alpha value is 0.300. The van der Waals surface area contributed by atoms with Crippen molar-refractivity contribution in [3.8, 4) is 0 Å². The van der Waals surface area contributed by atoms with Gasteiger partial charge in [0.15, 0.2) is 0 Å². The summed E-state index contributed by atoms with van der Waals surface area (Å²) in [5.74, 6) is 0. The predicted octanol–water partition coefficient (Wildman–Crippen LogP) is 2.50. The van der Waals surface area contributed by atoms with Crippen molar-refractivity contribution in [2.24, 2.45) is 0 Å². The summed E-state index contributed by atoms with van der Waals surface area (Å²) < 4.78 is 22.3. The van der Waals surface area contributed by atoms with E-state index in [0.29, 0.717) is 6.61 Å². The molecule has 0 aromatic heterocycles. The molecule has 2 atom stereocenters. The zero-order valence-corrected chi connectivity index (χ0v) is 12.2. The van der Waals surface area contributed by atoms with E-state index < -0.39 is 16.5 Å². The largest absolute Gasteiger partial charge is 0.396 e. The van der Waals surface area contributed by atoms with E-state index >= 15 is 0 Å². The number of hydrogen-bond acceptors (Lipinski definition) is 4. The summed E-state index contributed by atoms with van der Waals surface area (Å²) in [6.45, 7) is 2.60. The van der Waals surface area contributed by atoms with Crippen LogP contribution in [0.4, 0.5) is 0 Å². The van der Waals surface area contributed by atoms with E-state index in [0.717, 1.165) is 6.42 Å². The molecule has 0 aromatic rings. The Bertz CT molecular complexity index is 180. The summed E-state index contributed by atoms with van der Waals surface area (Å²) in [5, 5.41) is 8.47. The molecule has 0 aliphatic heterocycles. The van der Waals surface area contributed by atoms with Gasteiger partial charge in [-0.25, -0.2) is 4.31 Å². The molecule has 0 fully saturated rings. The third-order valence-electron chi connectivity index (χ3n) is 1.94. The second-order valence-electron chi connectivity index (χ2n) is 3.48. The molecule has 0 rings (SSSR count). The van der Waals surface area contributed by atoms with Crippen molar-refractivity contribution in [1.82, 2.24) is 0 Å². The lowest BCUT2D eigenvalue weighted by atomic mass is 10.1. The lowest BCUT2D eigenvalue weighted by molar-refractivity contribution is 0.282. The first-order chi connectivity index (χ1) is 8.04. The van der Waals surface area contributed by atoms with E-state index in [1.54, 1.807) is 0 Å². The minimum atomic E-state index is -3.20. The van der Waals surface area contributed by atoms with Crippen LogP contribution in [0.5, 0.6) is 0 Å². The average Bonchev–Trinajstić information content (AvgIpc) is 2.22. The third kappa shape index (κ3) is 26.1. The molecule has 0 saturated heterocycles. The lowest BCUT2D eigenvalue weighted by Gasteiger charge is -1.97. The van der Waals surface area contributed by atoms with Crippen molar-refractivity contribution < 1.29 is 28.3 Å². The van der Waals surface area contributed by atoms with Crippen molar-refractivity contribution in [3.05, 3.63) is 0 Å². The standard InChI is InChI=1S/C9H20O.H4O5P2/c1-2-3-4-5-6-7-8-9-10;1-6(2)5-7(3)4/h10H,2-9H2,1H3;6-7H,(H,1,2)(H,3,4). The molecule has 0 amide bonds. The van der Waals surface area contributed by atoms with Crippen molar-refractivity contribution >= 4 is 16.5 Å². The van der Waals surface area contributed by atoms with Crippen LogP contribution in [0.2, 0.25) is 0 Å². The number of rotatable bonds is 9. The van der Waals surface area contributed by atoms with Gasteiger partial charge < -0.3 is 14.9 Å². The van der Waals surface area contributed by atoms with Crippen molar-refractivity contribution in [1.29, 1.82) is 0 Å². The van der Waals surface area contributed by atoms with E-state index in [1.165, 1.54) is 38.5 Å². The Morgan fingerprint density at radius 1 is 0.882 bits per heavy atom. The van der Waals surface area contributed by atoms with Gasteiger partial charge in [0.2, 0.25) is 0 Å². The summed E-state index contributed by atoms with van der Waals surface area (Å²) in [5.41, 5.74) is 0. The molecule has 17 heavy (non-hydrogen) atoms. The molecule has 2 unspecified atom stereocenters. The van der Waals surface area contributed by atoms with Crippen LogP contribution in [0.25, 0.3) is 0 Å². The van der Waals surface area contributed by atoms with Crippen LogP contribution in [-0.2, 0) is 13.4 Å². The smallest absolute Gasteiger partial charge is 0.323 e. The van der Waals surface area contributed by atoms with Gasteiger partial charge in [0.05, 0.1) is 0 Å². The second-order valence-corrected chi connectivity index (χ2v) is 5.36. The maximum atomic E-state index is 9.44. The Kier molecular flexibility index (Phi) is 18.8. The second kappa shape index (κ2) is 16.3. The van der Waals surface area contributed by atoms with Crippen LogP contribution < -0.4 is 0 Å². The highest BCUT2D eigenvalue weighted by Gasteiger charge is 1.93. The monoisotopic (exact) mass is 290 g/mol. The van der Waals surface area contributed by atoms with Gasteiger partial charge in [-0.15, -0.1) is 0 Å². The van der Waals surface area contributed by atoms with E-state index in [4.69, 9.17) is 14.9 Å². The molecule has 0 radical (unpaired) electrons. The normalized spacial score (nSPS) is 13.6. The zero-order chi connectivity index (χ0) is 13.5. The highest BCUT2D eigenvalue weighted by atomic mass is 31.2. The molecule has 8 heteroatoms. The number of aliphatic hydroxyl groups excluding tert-OH is 1. The van der Waals surface area contributed by atoms with Crippen molar-refractivity contribution in [2.45, 2.75) is 51.9 Å². The molecule has 0 aliphatic rings. The van der Waals surface area contributed by atoms with E-state index in [1.807, 2.05) is 0 Å². The number of hydrogen-bond donors (Lipinski definition) is 3. The Morgan fingerprint density at radius 3 is 1.59 bits per heavy atom. The van der Waals surface area contributed by atoms with E-state index in [2.05, 4.69) is 11.2 Å². The average molecular weight is 290 g/mol. The van der Waals surface area contributed by atoms with Crippen LogP contribution in [0.15, 0.2) is 0 Å². The summed E-state index contributed by atoms with van der Waals surface area (Å²) in [7, 11) is -6.40. The van der Waals surface area contributed by atoms with Crippen LogP contribution in [-0.4, -0.2) is 21.5 Å². The summed E-state index contributed by atoms with van der Waals surface area (Å²) in [6.07, 6.45) is 8.93. The summed E-state index contributed by atoms with van der Waals surface area (Å²) in [6, 6.07) is 0. The Morgan fingerprint density at radius 2 is 1.29 bits per heavy atom. The Labute approximate surface area is 104 Å². The molecule has 0 saturated carbocycles. The quantitative estimate of drug-likeness (QED) is 0.445. The molecule has 3 N–H and O–H groups in total. The SMILES string of the molecule is CCCCCCCCCO.O=[PH](O)O[PH](=O)O. The van der Waals surface area contributed by atoms with E-state index in [9.17, 15) is 9.13 Å². The number of aliphatic hydroxyl groups is 1. The molecular weight excluding hydrogens is 266 g/mol. The highest BCUT2D eigenvalue weighted by molar-refractivity contribution is 7.46. The highest BCUT2D eigenvalue weighted by Crippen LogP contribution is 2.30. The number of unbranched alkanes of at least 4 members (excludes halogenated alkanes) is 6. The lowest BCUT2D eigenvalue weighted by Crippen LogP contribution is -1.83. The molecule has 0 bridgehead atoms. The minimum absolute atomic E-state index is 0.369. The maximum Gasteiger partial charge on any atom is 0.323 e. The van der Waals surface area contributed by atoms with Crippen molar-refractivity contribution in [2.75, 3.05) is 6.61 Å². The van der Waals surface area contributed by atoms with Gasteiger partial charge in [0, 0.05) is 6.61 Å². The zero-order valence-electron chi connectivity index (χ0n) is 10.2. The fraction of sp³-hybridized carbons (Fsp3) is 1.00. The van der Waals surface area contributed by atoms with Crippen LogP contribution in [0.1, 0.15) is 51.9 Å². The fourth-order valence-corrected chi connectivity index (χ4v) is 1.74. The van der Waals surface area contributed by atoms with Gasteiger partial charge in [-0.1, -0.05) is 45.4 Å². The molecule has 0 aliphatic carbocycles. The fourth-order valence-electron chi connectivity index (χ4n) is 1.14. The molecular formula is C9H24O6P2. The third-order valence-corrected chi connectivity index (χ3v) is 3.33. The van der Waals surface area contributed by atoms with Gasteiger partial charge in [0.25, 0.3) is 0 Å². The van der Waals surface area contributed by atoms with Crippen molar-refractivity contribution in [3.63, 3.8) is 0 Å². The molecule has 6 nitrogen and oxygen atoms in total. The topological polar surface area (TPSA) is 104 Å². The minimum Gasteiger partial charge on any atom is -0.396 e. The van der Waals surface area contributed by atoms with Crippen LogP contribution in [0.3, 0.4) is 0 Å². The maximum absolute atomic E-state index is 9.44. The first-order valence-corrected chi connectivity index (χ1v) is 8.31. The Balaban J connectivity index is 0. The van der Waals surface area contributed by atoms with Gasteiger partial charge in [0.1, 0.15) is 0 Å². The van der Waals surface area contributed by atoms with Gasteiger partial charge in [-0.3, -0.25) is 9.13 Å². The van der Waals surface area contributed by atoms with Crippen LogP contribution in [0, 0.1) is 0 Å². The first kappa shape index (κ1) is 19.6.